The first kappa shape index (κ1) is 12.6. The van der Waals surface area contributed by atoms with Crippen molar-refractivity contribution in [3.8, 4) is 0 Å². The standard InChI is InChI=1S/C17H15NO2/c1-11(19)12-7-8-16-15(9-12)17(20)14-6-4-3-5-13(14)10-18(16)2/h3-9H,10H2,1-2H3. The van der Waals surface area contributed by atoms with Gasteiger partial charge in [0, 0.05) is 36.0 Å². The molecule has 0 radical (unpaired) electrons. The number of hydrogen-bond acceptors (Lipinski definition) is 3. The van der Waals surface area contributed by atoms with Crippen molar-refractivity contribution in [3.05, 3.63) is 64.7 Å². The molecular formula is C17H15NO2. The maximum Gasteiger partial charge on any atom is 0.195 e. The Morgan fingerprint density at radius 3 is 2.60 bits per heavy atom. The zero-order valence-electron chi connectivity index (χ0n) is 11.5. The van der Waals surface area contributed by atoms with Crippen LogP contribution in [-0.2, 0) is 6.54 Å². The van der Waals surface area contributed by atoms with Crippen molar-refractivity contribution in [2.75, 3.05) is 11.9 Å². The lowest BCUT2D eigenvalue weighted by atomic mass is 9.97. The van der Waals surface area contributed by atoms with Crippen molar-refractivity contribution in [3.63, 3.8) is 0 Å². The number of rotatable bonds is 1. The van der Waals surface area contributed by atoms with Gasteiger partial charge in [-0.2, -0.15) is 0 Å². The molecule has 0 amide bonds. The second-order valence-corrected chi connectivity index (χ2v) is 5.13. The van der Waals surface area contributed by atoms with E-state index in [0.29, 0.717) is 17.7 Å². The van der Waals surface area contributed by atoms with Gasteiger partial charge in [-0.05, 0) is 30.7 Å². The van der Waals surface area contributed by atoms with Crippen molar-refractivity contribution in [1.82, 2.24) is 0 Å². The molecule has 3 heteroatoms. The van der Waals surface area contributed by atoms with Gasteiger partial charge >= 0.3 is 0 Å². The molecule has 2 aromatic rings. The van der Waals surface area contributed by atoms with E-state index < -0.39 is 0 Å². The van der Waals surface area contributed by atoms with Crippen LogP contribution in [0.25, 0.3) is 0 Å². The number of anilines is 1. The fraction of sp³-hybridized carbons (Fsp3) is 0.176. The van der Waals surface area contributed by atoms with E-state index in [1.165, 1.54) is 6.92 Å². The Morgan fingerprint density at radius 2 is 1.85 bits per heavy atom. The smallest absolute Gasteiger partial charge is 0.195 e. The third-order valence-corrected chi connectivity index (χ3v) is 3.73. The van der Waals surface area contributed by atoms with Gasteiger partial charge in [-0.25, -0.2) is 0 Å². The predicted octanol–water partition coefficient (Wildman–Crippen LogP) is 3.07. The molecule has 3 nitrogen and oxygen atoms in total. The monoisotopic (exact) mass is 265 g/mol. The van der Waals surface area contributed by atoms with Crippen molar-refractivity contribution >= 4 is 17.3 Å². The van der Waals surface area contributed by atoms with E-state index in [1.807, 2.05) is 42.3 Å². The summed E-state index contributed by atoms with van der Waals surface area (Å²) in [6.45, 7) is 2.20. The second kappa shape index (κ2) is 4.60. The number of fused-ring (bicyclic) bond motifs is 2. The predicted molar refractivity (Wildman–Crippen MR) is 78.4 cm³/mol. The first-order valence-corrected chi connectivity index (χ1v) is 6.56. The zero-order chi connectivity index (χ0) is 14.3. The molecule has 0 N–H and O–H groups in total. The number of nitrogens with zero attached hydrogens (tertiary/aromatic N) is 1. The fourth-order valence-corrected chi connectivity index (χ4v) is 2.64. The molecule has 1 aliphatic rings. The molecule has 0 bridgehead atoms. The molecule has 0 unspecified atom stereocenters. The van der Waals surface area contributed by atoms with Crippen LogP contribution in [0.2, 0.25) is 0 Å². The maximum absolute atomic E-state index is 12.7. The molecule has 0 aliphatic carbocycles. The Hall–Kier alpha value is -2.42. The highest BCUT2D eigenvalue weighted by Gasteiger charge is 2.24. The first-order valence-electron chi connectivity index (χ1n) is 6.56. The molecule has 0 spiro atoms. The molecule has 0 saturated heterocycles. The van der Waals surface area contributed by atoms with Crippen molar-refractivity contribution in [1.29, 1.82) is 0 Å². The van der Waals surface area contributed by atoms with Crippen molar-refractivity contribution in [2.24, 2.45) is 0 Å². The Morgan fingerprint density at radius 1 is 1.10 bits per heavy atom. The number of hydrogen-bond donors (Lipinski definition) is 0. The topological polar surface area (TPSA) is 37.4 Å². The SMILES string of the molecule is CC(=O)c1ccc2c(c1)C(=O)c1ccccc1CN2C. The quantitative estimate of drug-likeness (QED) is 0.744. The van der Waals surface area contributed by atoms with Gasteiger partial charge in [-0.15, -0.1) is 0 Å². The van der Waals surface area contributed by atoms with Gasteiger partial charge in [0.1, 0.15) is 0 Å². The Kier molecular flexibility index (Phi) is 2.90. The van der Waals surface area contributed by atoms with Gasteiger partial charge in [0.05, 0.1) is 0 Å². The van der Waals surface area contributed by atoms with Crippen LogP contribution in [0.4, 0.5) is 5.69 Å². The van der Waals surface area contributed by atoms with Crippen LogP contribution < -0.4 is 4.90 Å². The van der Waals surface area contributed by atoms with Crippen LogP contribution in [0.5, 0.6) is 0 Å². The van der Waals surface area contributed by atoms with Gasteiger partial charge in [-0.3, -0.25) is 9.59 Å². The van der Waals surface area contributed by atoms with E-state index in [-0.39, 0.29) is 11.6 Å². The first-order chi connectivity index (χ1) is 9.58. The highest BCUT2D eigenvalue weighted by atomic mass is 16.1. The summed E-state index contributed by atoms with van der Waals surface area (Å²) in [4.78, 5) is 26.3. The van der Waals surface area contributed by atoms with E-state index >= 15 is 0 Å². The summed E-state index contributed by atoms with van der Waals surface area (Å²) < 4.78 is 0. The van der Waals surface area contributed by atoms with Crippen LogP contribution in [0.3, 0.4) is 0 Å². The molecule has 0 saturated carbocycles. The Labute approximate surface area is 117 Å². The molecule has 0 aromatic heterocycles. The normalized spacial score (nSPS) is 13.5. The molecule has 20 heavy (non-hydrogen) atoms. The minimum absolute atomic E-state index is 0.0111. The molecular weight excluding hydrogens is 250 g/mol. The lowest BCUT2D eigenvalue weighted by molar-refractivity contribution is 0.101. The largest absolute Gasteiger partial charge is 0.370 e. The van der Waals surface area contributed by atoms with Gasteiger partial charge in [0.2, 0.25) is 0 Å². The molecule has 1 aliphatic heterocycles. The van der Waals surface area contributed by atoms with Crippen LogP contribution in [-0.4, -0.2) is 18.6 Å². The van der Waals surface area contributed by atoms with E-state index in [0.717, 1.165) is 16.8 Å². The lowest BCUT2D eigenvalue weighted by Crippen LogP contribution is -2.16. The van der Waals surface area contributed by atoms with E-state index in [1.54, 1.807) is 12.1 Å². The number of benzene rings is 2. The summed E-state index contributed by atoms with van der Waals surface area (Å²) in [7, 11) is 1.96. The van der Waals surface area contributed by atoms with Crippen molar-refractivity contribution in [2.45, 2.75) is 13.5 Å². The summed E-state index contributed by atoms with van der Waals surface area (Å²) >= 11 is 0. The number of carbonyl (C=O) groups excluding carboxylic acids is 2. The third kappa shape index (κ3) is 1.92. The number of Topliss-reactive ketones (excluding diaryl/α,β-unsaturated/α-hetero) is 1. The molecule has 3 rings (SSSR count). The highest BCUT2D eigenvalue weighted by Crippen LogP contribution is 2.30. The lowest BCUT2D eigenvalue weighted by Gasteiger charge is -2.19. The number of carbonyl (C=O) groups is 2. The maximum atomic E-state index is 12.7. The average molecular weight is 265 g/mol. The average Bonchev–Trinajstić information content (AvgIpc) is 2.55. The summed E-state index contributed by atoms with van der Waals surface area (Å²) in [5.74, 6) is -0.0381. The minimum atomic E-state index is -0.0271. The van der Waals surface area contributed by atoms with Gasteiger partial charge in [0.25, 0.3) is 0 Å². The van der Waals surface area contributed by atoms with E-state index in [4.69, 9.17) is 0 Å². The van der Waals surface area contributed by atoms with Gasteiger partial charge in [0.15, 0.2) is 11.6 Å². The molecule has 1 heterocycles. The van der Waals surface area contributed by atoms with E-state index in [9.17, 15) is 9.59 Å². The van der Waals surface area contributed by atoms with Crippen molar-refractivity contribution < 1.29 is 9.59 Å². The highest BCUT2D eigenvalue weighted by molar-refractivity contribution is 6.15. The fourth-order valence-electron chi connectivity index (χ4n) is 2.64. The van der Waals surface area contributed by atoms with Crippen LogP contribution in [0.1, 0.15) is 38.8 Å². The Balaban J connectivity index is 2.23. The number of ketones is 2. The summed E-state index contributed by atoms with van der Waals surface area (Å²) in [5, 5.41) is 0. The third-order valence-electron chi connectivity index (χ3n) is 3.73. The van der Waals surface area contributed by atoms with Crippen LogP contribution >= 0.6 is 0 Å². The van der Waals surface area contributed by atoms with E-state index in [2.05, 4.69) is 0 Å². The molecule has 100 valence electrons. The minimum Gasteiger partial charge on any atom is -0.370 e. The molecule has 0 atom stereocenters. The zero-order valence-corrected chi connectivity index (χ0v) is 11.5. The summed E-state index contributed by atoms with van der Waals surface area (Å²) in [6.07, 6.45) is 0. The second-order valence-electron chi connectivity index (χ2n) is 5.13. The van der Waals surface area contributed by atoms with Gasteiger partial charge < -0.3 is 4.90 Å². The molecule has 2 aromatic carbocycles. The molecule has 0 fully saturated rings. The van der Waals surface area contributed by atoms with Crippen LogP contribution in [0, 0.1) is 0 Å². The summed E-state index contributed by atoms with van der Waals surface area (Å²) in [6, 6.07) is 13.0. The summed E-state index contributed by atoms with van der Waals surface area (Å²) in [5.41, 5.74) is 3.78. The Bertz CT molecular complexity index is 719. The van der Waals surface area contributed by atoms with Crippen LogP contribution in [0.15, 0.2) is 42.5 Å². The van der Waals surface area contributed by atoms with Gasteiger partial charge in [-0.1, -0.05) is 24.3 Å².